The zero-order chi connectivity index (χ0) is 12.5. The van der Waals surface area contributed by atoms with Gasteiger partial charge >= 0.3 is 0 Å². The van der Waals surface area contributed by atoms with Gasteiger partial charge in [0.1, 0.15) is 0 Å². The number of hydrogen-bond donors (Lipinski definition) is 1. The van der Waals surface area contributed by atoms with Crippen LogP contribution in [0.15, 0.2) is 0 Å². The maximum atomic E-state index is 3.62. The zero-order valence-corrected chi connectivity index (χ0v) is 12.2. The van der Waals surface area contributed by atoms with Crippen LogP contribution in [0.1, 0.15) is 59.3 Å². The molecule has 0 radical (unpaired) electrons. The Morgan fingerprint density at radius 3 is 2.76 bits per heavy atom. The molecular weight excluding hydrogens is 208 g/mol. The van der Waals surface area contributed by atoms with Crippen LogP contribution in [-0.4, -0.2) is 37.1 Å². The first-order valence-electron chi connectivity index (χ1n) is 7.68. The highest BCUT2D eigenvalue weighted by atomic mass is 15.2. The normalized spacial score (nSPS) is 21.5. The minimum Gasteiger partial charge on any atom is -0.315 e. The molecule has 0 bridgehead atoms. The van der Waals surface area contributed by atoms with E-state index >= 15 is 0 Å². The third-order valence-electron chi connectivity index (χ3n) is 3.73. The van der Waals surface area contributed by atoms with Crippen molar-refractivity contribution in [3.63, 3.8) is 0 Å². The quantitative estimate of drug-likeness (QED) is 0.622. The molecule has 1 aliphatic heterocycles. The number of nitrogens with zero attached hydrogens (tertiary/aromatic N) is 1. The molecule has 1 unspecified atom stereocenters. The Morgan fingerprint density at radius 1 is 1.24 bits per heavy atom. The van der Waals surface area contributed by atoms with E-state index in [0.29, 0.717) is 0 Å². The van der Waals surface area contributed by atoms with Crippen molar-refractivity contribution in [2.45, 2.75) is 65.3 Å². The van der Waals surface area contributed by atoms with Crippen LogP contribution in [0.2, 0.25) is 0 Å². The van der Waals surface area contributed by atoms with Crippen LogP contribution in [0.4, 0.5) is 0 Å². The smallest absolute Gasteiger partial charge is 0.0221 e. The molecule has 1 atom stereocenters. The lowest BCUT2D eigenvalue weighted by molar-refractivity contribution is 0.240. The lowest BCUT2D eigenvalue weighted by atomic mass is 10.1. The molecule has 0 amide bonds. The summed E-state index contributed by atoms with van der Waals surface area (Å²) >= 11 is 0. The first kappa shape index (κ1) is 15.0. The van der Waals surface area contributed by atoms with Crippen molar-refractivity contribution < 1.29 is 0 Å². The lowest BCUT2D eigenvalue weighted by Crippen LogP contribution is -2.39. The Labute approximate surface area is 108 Å². The van der Waals surface area contributed by atoms with E-state index in [0.717, 1.165) is 12.0 Å². The number of hydrogen-bond acceptors (Lipinski definition) is 2. The van der Waals surface area contributed by atoms with Gasteiger partial charge in [-0.1, -0.05) is 40.0 Å². The third kappa shape index (κ3) is 6.42. The summed E-state index contributed by atoms with van der Waals surface area (Å²) in [7, 11) is 0. The van der Waals surface area contributed by atoms with Crippen molar-refractivity contribution in [2.24, 2.45) is 5.92 Å². The van der Waals surface area contributed by atoms with E-state index in [1.54, 1.807) is 0 Å². The summed E-state index contributed by atoms with van der Waals surface area (Å²) in [5.74, 6) is 0.773. The molecule has 0 aromatic carbocycles. The average molecular weight is 240 g/mol. The van der Waals surface area contributed by atoms with E-state index in [-0.39, 0.29) is 0 Å². The molecule has 102 valence electrons. The van der Waals surface area contributed by atoms with Gasteiger partial charge in [0, 0.05) is 12.6 Å². The average Bonchev–Trinajstić information content (AvgIpc) is 2.72. The maximum Gasteiger partial charge on any atom is 0.0221 e. The molecule has 1 fully saturated rings. The van der Waals surface area contributed by atoms with Crippen molar-refractivity contribution in [1.82, 2.24) is 10.2 Å². The number of nitrogens with one attached hydrogen (secondary N) is 1. The van der Waals surface area contributed by atoms with Crippen LogP contribution in [0.5, 0.6) is 0 Å². The van der Waals surface area contributed by atoms with Crippen LogP contribution < -0.4 is 5.32 Å². The van der Waals surface area contributed by atoms with Crippen molar-refractivity contribution in [3.8, 4) is 0 Å². The maximum absolute atomic E-state index is 3.62. The van der Waals surface area contributed by atoms with E-state index in [2.05, 4.69) is 31.0 Å². The summed E-state index contributed by atoms with van der Waals surface area (Å²) in [6.07, 6.45) is 8.37. The standard InChI is InChI=1S/C15H32N2/c1-4-5-6-7-10-17-11-8-9-15(17)13-16-12-14(2)3/h14-16H,4-13H2,1-3H3. The third-order valence-corrected chi connectivity index (χ3v) is 3.73. The molecule has 2 nitrogen and oxygen atoms in total. The van der Waals surface area contributed by atoms with Gasteiger partial charge in [-0.25, -0.2) is 0 Å². The fraction of sp³-hybridized carbons (Fsp3) is 1.00. The number of likely N-dealkylation sites (tertiary alicyclic amines) is 1. The van der Waals surface area contributed by atoms with Crippen molar-refractivity contribution in [3.05, 3.63) is 0 Å². The van der Waals surface area contributed by atoms with Crippen LogP contribution in [0.3, 0.4) is 0 Å². The largest absolute Gasteiger partial charge is 0.315 e. The van der Waals surface area contributed by atoms with Crippen molar-refractivity contribution in [2.75, 3.05) is 26.2 Å². The second-order valence-electron chi connectivity index (χ2n) is 5.94. The first-order valence-corrected chi connectivity index (χ1v) is 7.68. The summed E-state index contributed by atoms with van der Waals surface area (Å²) in [5, 5.41) is 3.62. The minimum absolute atomic E-state index is 0.773. The molecule has 1 aliphatic rings. The van der Waals surface area contributed by atoms with Crippen LogP contribution in [-0.2, 0) is 0 Å². The second kappa shape index (κ2) is 8.93. The molecule has 1 rings (SSSR count). The predicted octanol–water partition coefficient (Wildman–Crippen LogP) is 3.28. The molecular formula is C15H32N2. The fourth-order valence-electron chi connectivity index (χ4n) is 2.70. The second-order valence-corrected chi connectivity index (χ2v) is 5.94. The highest BCUT2D eigenvalue weighted by Crippen LogP contribution is 2.17. The zero-order valence-electron chi connectivity index (χ0n) is 12.2. The lowest BCUT2D eigenvalue weighted by Gasteiger charge is -2.25. The highest BCUT2D eigenvalue weighted by Gasteiger charge is 2.23. The van der Waals surface area contributed by atoms with Gasteiger partial charge in [0.15, 0.2) is 0 Å². The Kier molecular flexibility index (Phi) is 7.87. The van der Waals surface area contributed by atoms with Gasteiger partial charge in [-0.05, 0) is 44.8 Å². The Hall–Kier alpha value is -0.0800. The molecule has 1 saturated heterocycles. The predicted molar refractivity (Wildman–Crippen MR) is 76.4 cm³/mol. The van der Waals surface area contributed by atoms with E-state index in [1.165, 1.54) is 64.7 Å². The SMILES string of the molecule is CCCCCCN1CCCC1CNCC(C)C. The van der Waals surface area contributed by atoms with E-state index in [9.17, 15) is 0 Å². The summed E-state index contributed by atoms with van der Waals surface area (Å²) in [5.41, 5.74) is 0. The molecule has 0 spiro atoms. The molecule has 1 heterocycles. The van der Waals surface area contributed by atoms with Crippen molar-refractivity contribution in [1.29, 1.82) is 0 Å². The van der Waals surface area contributed by atoms with Crippen LogP contribution >= 0.6 is 0 Å². The molecule has 0 aromatic rings. The molecule has 1 N–H and O–H groups in total. The summed E-state index contributed by atoms with van der Waals surface area (Å²) in [6, 6.07) is 0.815. The van der Waals surface area contributed by atoms with Gasteiger partial charge in [0.25, 0.3) is 0 Å². The topological polar surface area (TPSA) is 15.3 Å². The molecule has 0 saturated carbocycles. The Morgan fingerprint density at radius 2 is 2.06 bits per heavy atom. The van der Waals surface area contributed by atoms with E-state index < -0.39 is 0 Å². The van der Waals surface area contributed by atoms with Gasteiger partial charge in [-0.15, -0.1) is 0 Å². The highest BCUT2D eigenvalue weighted by molar-refractivity contribution is 4.80. The van der Waals surface area contributed by atoms with Gasteiger partial charge in [0.05, 0.1) is 0 Å². The van der Waals surface area contributed by atoms with Crippen LogP contribution in [0.25, 0.3) is 0 Å². The first-order chi connectivity index (χ1) is 8.24. The molecule has 0 aromatic heterocycles. The van der Waals surface area contributed by atoms with Gasteiger partial charge in [-0.2, -0.15) is 0 Å². The van der Waals surface area contributed by atoms with Crippen LogP contribution in [0, 0.1) is 5.92 Å². The molecule has 2 heteroatoms. The number of unbranched alkanes of at least 4 members (excludes halogenated alkanes) is 3. The fourth-order valence-corrected chi connectivity index (χ4v) is 2.70. The Bertz CT molecular complexity index is 180. The number of rotatable bonds is 9. The summed E-state index contributed by atoms with van der Waals surface area (Å²) < 4.78 is 0. The summed E-state index contributed by atoms with van der Waals surface area (Å²) in [4.78, 5) is 2.71. The molecule has 17 heavy (non-hydrogen) atoms. The summed E-state index contributed by atoms with van der Waals surface area (Å²) in [6.45, 7) is 11.9. The monoisotopic (exact) mass is 240 g/mol. The Balaban J connectivity index is 2.10. The molecule has 0 aliphatic carbocycles. The van der Waals surface area contributed by atoms with E-state index in [4.69, 9.17) is 0 Å². The van der Waals surface area contributed by atoms with Gasteiger partial charge in [0.2, 0.25) is 0 Å². The van der Waals surface area contributed by atoms with Crippen molar-refractivity contribution >= 4 is 0 Å². The van der Waals surface area contributed by atoms with Gasteiger partial charge < -0.3 is 5.32 Å². The van der Waals surface area contributed by atoms with E-state index in [1.807, 2.05) is 0 Å². The van der Waals surface area contributed by atoms with Gasteiger partial charge in [-0.3, -0.25) is 4.90 Å². The minimum atomic E-state index is 0.773.